The number of hydrogen-bond donors (Lipinski definition) is 1. The molecule has 2 N–H and O–H groups in total. The first-order valence-electron chi connectivity index (χ1n) is 4.42. The molecule has 0 aliphatic heterocycles. The molecule has 0 fully saturated rings. The molecule has 3 nitrogen and oxygen atoms in total. The third kappa shape index (κ3) is 1.05. The van der Waals surface area contributed by atoms with Crippen molar-refractivity contribution in [2.45, 2.75) is 32.1 Å². The second-order valence-corrected chi connectivity index (χ2v) is 3.28. The summed E-state index contributed by atoms with van der Waals surface area (Å²) in [6, 6.07) is 0. The molecule has 12 heavy (non-hydrogen) atoms. The second-order valence-electron chi connectivity index (χ2n) is 3.28. The van der Waals surface area contributed by atoms with E-state index in [0.29, 0.717) is 11.9 Å². The minimum atomic E-state index is 0.411. The number of aryl methyl sites for hydroxylation is 1. The van der Waals surface area contributed by atoms with E-state index in [4.69, 9.17) is 5.73 Å². The van der Waals surface area contributed by atoms with Crippen LogP contribution in [-0.2, 0) is 6.42 Å². The molecule has 0 saturated carbocycles. The number of aromatic nitrogens is 2. The van der Waals surface area contributed by atoms with Crippen LogP contribution in [0.4, 0.5) is 5.95 Å². The van der Waals surface area contributed by atoms with Crippen molar-refractivity contribution in [3.63, 3.8) is 0 Å². The molecule has 0 bridgehead atoms. The van der Waals surface area contributed by atoms with E-state index in [-0.39, 0.29) is 0 Å². The molecule has 0 amide bonds. The zero-order valence-electron chi connectivity index (χ0n) is 7.25. The van der Waals surface area contributed by atoms with Crippen LogP contribution in [0.3, 0.4) is 0 Å². The van der Waals surface area contributed by atoms with Crippen molar-refractivity contribution in [2.75, 3.05) is 5.73 Å². The summed E-state index contributed by atoms with van der Waals surface area (Å²) in [6.07, 6.45) is 5.36. The van der Waals surface area contributed by atoms with Crippen LogP contribution >= 0.6 is 0 Å². The van der Waals surface area contributed by atoms with Gasteiger partial charge in [-0.25, -0.2) is 9.97 Å². The van der Waals surface area contributed by atoms with E-state index in [9.17, 15) is 0 Å². The molecule has 1 aromatic heterocycles. The van der Waals surface area contributed by atoms with Crippen LogP contribution in [0.1, 0.15) is 36.9 Å². The maximum Gasteiger partial charge on any atom is 0.220 e. The molecule has 1 atom stereocenters. The van der Waals surface area contributed by atoms with Gasteiger partial charge in [0.15, 0.2) is 0 Å². The molecule has 3 heteroatoms. The Labute approximate surface area is 72.0 Å². The van der Waals surface area contributed by atoms with Gasteiger partial charge in [0, 0.05) is 12.1 Å². The molecule has 64 valence electrons. The molecule has 0 saturated heterocycles. The van der Waals surface area contributed by atoms with Gasteiger partial charge >= 0.3 is 0 Å². The van der Waals surface area contributed by atoms with Crippen LogP contribution in [0.15, 0.2) is 6.20 Å². The Balaban J connectivity index is 2.42. The first-order valence-corrected chi connectivity index (χ1v) is 4.42. The summed E-state index contributed by atoms with van der Waals surface area (Å²) in [5.74, 6) is 1.03. The Kier molecular flexibility index (Phi) is 1.71. The minimum absolute atomic E-state index is 0.411. The lowest BCUT2D eigenvalue weighted by atomic mass is 10.0. The van der Waals surface area contributed by atoms with Gasteiger partial charge in [-0.2, -0.15) is 0 Å². The van der Waals surface area contributed by atoms with Crippen molar-refractivity contribution < 1.29 is 0 Å². The van der Waals surface area contributed by atoms with Gasteiger partial charge in [0.25, 0.3) is 0 Å². The molecule has 0 radical (unpaired) electrons. The van der Waals surface area contributed by atoms with Crippen LogP contribution in [0.2, 0.25) is 0 Å². The number of nitrogens with zero attached hydrogens (tertiary/aromatic N) is 2. The minimum Gasteiger partial charge on any atom is -0.368 e. The number of rotatable bonds is 1. The highest BCUT2D eigenvalue weighted by atomic mass is 15.0. The first kappa shape index (κ1) is 7.53. The van der Waals surface area contributed by atoms with Crippen molar-refractivity contribution in [1.82, 2.24) is 9.97 Å². The van der Waals surface area contributed by atoms with Crippen LogP contribution in [-0.4, -0.2) is 9.97 Å². The molecule has 0 spiro atoms. The fraction of sp³-hybridized carbons (Fsp3) is 0.556. The summed E-state index contributed by atoms with van der Waals surface area (Å²) in [5.41, 5.74) is 8.00. The Morgan fingerprint density at radius 1 is 1.67 bits per heavy atom. The van der Waals surface area contributed by atoms with Crippen molar-refractivity contribution in [3.8, 4) is 0 Å². The Morgan fingerprint density at radius 3 is 3.25 bits per heavy atom. The Hall–Kier alpha value is -1.12. The fourth-order valence-corrected chi connectivity index (χ4v) is 1.84. The van der Waals surface area contributed by atoms with Gasteiger partial charge in [0.1, 0.15) is 0 Å². The highest BCUT2D eigenvalue weighted by molar-refractivity contribution is 5.31. The fourth-order valence-electron chi connectivity index (χ4n) is 1.84. The van der Waals surface area contributed by atoms with Crippen LogP contribution in [0, 0.1) is 0 Å². The van der Waals surface area contributed by atoms with E-state index in [1.807, 2.05) is 6.20 Å². The lowest BCUT2D eigenvalue weighted by molar-refractivity contribution is 0.643. The first-order chi connectivity index (χ1) is 5.81. The maximum atomic E-state index is 5.53. The van der Waals surface area contributed by atoms with Crippen molar-refractivity contribution in [3.05, 3.63) is 17.5 Å². The van der Waals surface area contributed by atoms with E-state index in [0.717, 1.165) is 12.8 Å². The number of fused-ring (bicyclic) bond motifs is 1. The van der Waals surface area contributed by atoms with Gasteiger partial charge in [0.2, 0.25) is 5.95 Å². The summed E-state index contributed by atoms with van der Waals surface area (Å²) in [4.78, 5) is 8.26. The zero-order chi connectivity index (χ0) is 8.55. The monoisotopic (exact) mass is 163 g/mol. The van der Waals surface area contributed by atoms with Gasteiger partial charge in [-0.05, 0) is 24.8 Å². The highest BCUT2D eigenvalue weighted by Gasteiger charge is 2.22. The summed E-state index contributed by atoms with van der Waals surface area (Å²) in [6.45, 7) is 2.19. The van der Waals surface area contributed by atoms with Gasteiger partial charge < -0.3 is 5.73 Å². The van der Waals surface area contributed by atoms with Gasteiger partial charge in [-0.15, -0.1) is 0 Å². The van der Waals surface area contributed by atoms with Gasteiger partial charge in [-0.3, -0.25) is 0 Å². The molecule has 0 aromatic carbocycles. The summed E-state index contributed by atoms with van der Waals surface area (Å²) in [5, 5.41) is 0. The third-order valence-corrected chi connectivity index (χ3v) is 2.56. The standard InChI is InChI=1S/C9H13N3/c1-2-6-3-4-7-5-11-9(10)12-8(6)7/h5-6H,2-4H2,1H3,(H2,10,11,12). The Bertz CT molecular complexity index is 296. The molecular formula is C9H13N3. The maximum absolute atomic E-state index is 5.53. The van der Waals surface area contributed by atoms with E-state index >= 15 is 0 Å². The second kappa shape index (κ2) is 2.73. The smallest absolute Gasteiger partial charge is 0.220 e. The average Bonchev–Trinajstić information content (AvgIpc) is 2.46. The SMILES string of the molecule is CCC1CCc2cnc(N)nc21. The molecular weight excluding hydrogens is 150 g/mol. The molecule has 2 rings (SSSR count). The Morgan fingerprint density at radius 2 is 2.50 bits per heavy atom. The summed E-state index contributed by atoms with van der Waals surface area (Å²) in [7, 11) is 0. The average molecular weight is 163 g/mol. The zero-order valence-corrected chi connectivity index (χ0v) is 7.25. The quantitative estimate of drug-likeness (QED) is 0.682. The topological polar surface area (TPSA) is 51.8 Å². The van der Waals surface area contributed by atoms with E-state index < -0.39 is 0 Å². The largest absolute Gasteiger partial charge is 0.368 e. The predicted molar refractivity (Wildman–Crippen MR) is 47.8 cm³/mol. The molecule has 1 aliphatic carbocycles. The van der Waals surface area contributed by atoms with E-state index in [2.05, 4.69) is 16.9 Å². The number of anilines is 1. The van der Waals surface area contributed by atoms with Crippen molar-refractivity contribution in [1.29, 1.82) is 0 Å². The summed E-state index contributed by atoms with van der Waals surface area (Å²) < 4.78 is 0. The predicted octanol–water partition coefficient (Wildman–Crippen LogP) is 1.50. The summed E-state index contributed by atoms with van der Waals surface area (Å²) >= 11 is 0. The van der Waals surface area contributed by atoms with Crippen molar-refractivity contribution in [2.24, 2.45) is 0 Å². The van der Waals surface area contributed by atoms with Crippen molar-refractivity contribution >= 4 is 5.95 Å². The van der Waals surface area contributed by atoms with Gasteiger partial charge in [0.05, 0.1) is 5.69 Å². The highest BCUT2D eigenvalue weighted by Crippen LogP contribution is 2.33. The van der Waals surface area contributed by atoms with E-state index in [1.165, 1.54) is 17.7 Å². The van der Waals surface area contributed by atoms with Crippen LogP contribution < -0.4 is 5.73 Å². The number of nitrogen functional groups attached to an aromatic ring is 1. The van der Waals surface area contributed by atoms with Crippen LogP contribution in [0.5, 0.6) is 0 Å². The number of hydrogen-bond acceptors (Lipinski definition) is 3. The molecule has 1 aromatic rings. The normalized spacial score (nSPS) is 20.9. The van der Waals surface area contributed by atoms with Gasteiger partial charge in [-0.1, -0.05) is 6.92 Å². The molecule has 1 aliphatic rings. The van der Waals surface area contributed by atoms with E-state index in [1.54, 1.807) is 0 Å². The van der Waals surface area contributed by atoms with Crippen LogP contribution in [0.25, 0.3) is 0 Å². The molecule has 1 unspecified atom stereocenters. The number of nitrogens with two attached hydrogens (primary N) is 1. The lowest BCUT2D eigenvalue weighted by Gasteiger charge is -2.06. The lowest BCUT2D eigenvalue weighted by Crippen LogP contribution is -2.01. The molecule has 1 heterocycles. The third-order valence-electron chi connectivity index (χ3n) is 2.56.